The highest BCUT2D eigenvalue weighted by atomic mass is 16.5. The molecule has 0 radical (unpaired) electrons. The second-order valence-corrected chi connectivity index (χ2v) is 8.20. The lowest BCUT2D eigenvalue weighted by atomic mass is 10.0. The molecule has 2 nitrogen and oxygen atoms in total. The summed E-state index contributed by atoms with van der Waals surface area (Å²) in [5.41, 5.74) is 3.60. The summed E-state index contributed by atoms with van der Waals surface area (Å²) in [7, 11) is 0. The molecule has 2 heteroatoms. The smallest absolute Gasteiger partial charge is 0.341 e. The zero-order valence-corrected chi connectivity index (χ0v) is 19.3. The van der Waals surface area contributed by atoms with Crippen molar-refractivity contribution in [2.24, 2.45) is 0 Å². The van der Waals surface area contributed by atoms with Crippen LogP contribution in [-0.2, 0) is 9.53 Å². The second kappa shape index (κ2) is 22.3. The van der Waals surface area contributed by atoms with E-state index in [9.17, 15) is 4.79 Å². The summed E-state index contributed by atoms with van der Waals surface area (Å²) in [6, 6.07) is 0. The molecule has 0 rings (SSSR count). The van der Waals surface area contributed by atoms with Gasteiger partial charge in [0.25, 0.3) is 0 Å². The van der Waals surface area contributed by atoms with Crippen LogP contribution in [0.15, 0.2) is 17.4 Å². The van der Waals surface area contributed by atoms with Crippen molar-refractivity contribution in [3.05, 3.63) is 17.4 Å². The van der Waals surface area contributed by atoms with E-state index in [4.69, 9.17) is 4.74 Å². The molecule has 0 aromatic heterocycles. The number of rotatable bonds is 20. The molecule has 0 aromatic rings. The van der Waals surface area contributed by atoms with E-state index >= 15 is 0 Å². The van der Waals surface area contributed by atoms with Crippen LogP contribution in [0.3, 0.4) is 0 Å². The minimum atomic E-state index is -0.215. The van der Waals surface area contributed by atoms with Crippen molar-refractivity contribution in [1.82, 2.24) is 0 Å². The summed E-state index contributed by atoms with van der Waals surface area (Å²) in [6.45, 7) is 6.72. The Bertz CT molecular complexity index is 405. The number of carbonyl (C=O) groups excluding carboxylic acids is 1. The van der Waals surface area contributed by atoms with Gasteiger partial charge in [-0.15, -0.1) is 5.73 Å². The van der Waals surface area contributed by atoms with Crippen molar-refractivity contribution >= 4 is 5.97 Å². The molecule has 0 atom stereocenters. The van der Waals surface area contributed by atoms with Gasteiger partial charge in [-0.3, -0.25) is 0 Å². The molecule has 0 saturated carbocycles. The zero-order chi connectivity index (χ0) is 20.7. The van der Waals surface area contributed by atoms with Gasteiger partial charge in [0.05, 0.1) is 12.2 Å². The first kappa shape index (κ1) is 27.0. The zero-order valence-electron chi connectivity index (χ0n) is 19.3. The minimum Gasteiger partial charge on any atom is -0.462 e. The maximum Gasteiger partial charge on any atom is 0.341 e. The van der Waals surface area contributed by atoms with Gasteiger partial charge in [-0.25, -0.2) is 4.79 Å². The van der Waals surface area contributed by atoms with Crippen LogP contribution >= 0.6 is 0 Å². The first-order valence-corrected chi connectivity index (χ1v) is 12.3. The Kier molecular flexibility index (Phi) is 21.5. The summed E-state index contributed by atoms with van der Waals surface area (Å²) in [6.07, 6.45) is 25.7. The third-order valence-electron chi connectivity index (χ3n) is 5.29. The molecule has 0 heterocycles. The third kappa shape index (κ3) is 19.7. The number of unbranched alkanes of at least 4 members (excludes halogenated alkanes) is 16. The van der Waals surface area contributed by atoms with Gasteiger partial charge in [0, 0.05) is 0 Å². The molecular formula is C26H48O2. The van der Waals surface area contributed by atoms with Crippen molar-refractivity contribution in [3.63, 3.8) is 0 Å². The van der Waals surface area contributed by atoms with Crippen LogP contribution in [-0.4, -0.2) is 12.6 Å². The first-order chi connectivity index (χ1) is 13.7. The molecule has 0 saturated heterocycles. The molecule has 164 valence electrons. The SMILES string of the molecule is CCCC=C=C(C)C(=O)OCCCCCCCCCCCCCCCCCC. The Labute approximate surface area is 176 Å². The van der Waals surface area contributed by atoms with Crippen molar-refractivity contribution in [2.75, 3.05) is 6.61 Å². The summed E-state index contributed by atoms with van der Waals surface area (Å²) < 4.78 is 5.30. The van der Waals surface area contributed by atoms with E-state index in [2.05, 4.69) is 19.6 Å². The van der Waals surface area contributed by atoms with Crippen molar-refractivity contribution in [1.29, 1.82) is 0 Å². The van der Waals surface area contributed by atoms with Gasteiger partial charge in [-0.1, -0.05) is 117 Å². The molecule has 0 bridgehead atoms. The maximum atomic E-state index is 11.8. The van der Waals surface area contributed by atoms with Gasteiger partial charge >= 0.3 is 5.97 Å². The number of carbonyl (C=O) groups is 1. The van der Waals surface area contributed by atoms with Crippen LogP contribution in [0.5, 0.6) is 0 Å². The quantitative estimate of drug-likeness (QED) is 0.0896. The fourth-order valence-electron chi connectivity index (χ4n) is 3.35. The predicted molar refractivity (Wildman–Crippen MR) is 123 cm³/mol. The van der Waals surface area contributed by atoms with Crippen LogP contribution in [0.2, 0.25) is 0 Å². The molecule has 0 aliphatic rings. The van der Waals surface area contributed by atoms with Crippen molar-refractivity contribution in [2.45, 2.75) is 136 Å². The van der Waals surface area contributed by atoms with E-state index in [1.165, 1.54) is 96.3 Å². The van der Waals surface area contributed by atoms with Gasteiger partial charge in [0.1, 0.15) is 0 Å². The average molecular weight is 393 g/mol. The fraction of sp³-hybridized carbons (Fsp3) is 0.846. The van der Waals surface area contributed by atoms with E-state index in [1.807, 2.05) is 6.08 Å². The Hall–Kier alpha value is -1.01. The summed E-state index contributed by atoms with van der Waals surface area (Å²) in [5, 5.41) is 0. The predicted octanol–water partition coefficient (Wildman–Crippen LogP) is 8.69. The second-order valence-electron chi connectivity index (χ2n) is 8.20. The van der Waals surface area contributed by atoms with Gasteiger partial charge in [0.2, 0.25) is 0 Å². The first-order valence-electron chi connectivity index (χ1n) is 12.3. The van der Waals surface area contributed by atoms with Gasteiger partial charge in [-0.05, 0) is 25.8 Å². The minimum absolute atomic E-state index is 0.215. The summed E-state index contributed by atoms with van der Waals surface area (Å²) in [4.78, 5) is 11.8. The van der Waals surface area contributed by atoms with Crippen LogP contribution < -0.4 is 0 Å². The highest BCUT2D eigenvalue weighted by Gasteiger charge is 2.04. The average Bonchev–Trinajstić information content (AvgIpc) is 2.70. The van der Waals surface area contributed by atoms with E-state index < -0.39 is 0 Å². The topological polar surface area (TPSA) is 26.3 Å². The Morgan fingerprint density at radius 1 is 0.679 bits per heavy atom. The van der Waals surface area contributed by atoms with E-state index in [0.29, 0.717) is 12.2 Å². The van der Waals surface area contributed by atoms with Gasteiger partial charge in [0.15, 0.2) is 0 Å². The molecular weight excluding hydrogens is 344 g/mol. The highest BCUT2D eigenvalue weighted by molar-refractivity contribution is 5.87. The lowest BCUT2D eigenvalue weighted by molar-refractivity contribution is -0.139. The molecule has 0 aromatic carbocycles. The van der Waals surface area contributed by atoms with E-state index in [-0.39, 0.29) is 5.97 Å². The molecule has 0 fully saturated rings. The lowest BCUT2D eigenvalue weighted by Crippen LogP contribution is -2.06. The number of hydrogen-bond donors (Lipinski definition) is 0. The van der Waals surface area contributed by atoms with Gasteiger partial charge < -0.3 is 4.74 Å². The third-order valence-corrected chi connectivity index (χ3v) is 5.29. The molecule has 0 aliphatic carbocycles. The normalized spacial score (nSPS) is 10.5. The summed E-state index contributed by atoms with van der Waals surface area (Å²) >= 11 is 0. The Balaban J connectivity index is 3.27. The summed E-state index contributed by atoms with van der Waals surface area (Å²) in [5.74, 6) is -0.215. The van der Waals surface area contributed by atoms with Crippen LogP contribution in [0.1, 0.15) is 136 Å². The Morgan fingerprint density at radius 3 is 1.54 bits per heavy atom. The standard InChI is InChI=1S/C26H48O2/c1-4-6-8-9-10-11-12-13-14-15-16-17-18-19-20-22-24-28-26(27)25(3)23-21-7-5-2/h21H,4-20,22,24H2,1-3H3. The molecule has 0 aliphatic heterocycles. The molecule has 0 spiro atoms. The van der Waals surface area contributed by atoms with E-state index in [1.54, 1.807) is 6.92 Å². The molecule has 0 amide bonds. The number of esters is 1. The van der Waals surface area contributed by atoms with E-state index in [0.717, 1.165) is 19.3 Å². The fourth-order valence-corrected chi connectivity index (χ4v) is 3.35. The Morgan fingerprint density at radius 2 is 1.11 bits per heavy atom. The number of ether oxygens (including phenoxy) is 1. The van der Waals surface area contributed by atoms with Crippen LogP contribution in [0.4, 0.5) is 0 Å². The van der Waals surface area contributed by atoms with Crippen LogP contribution in [0.25, 0.3) is 0 Å². The lowest BCUT2D eigenvalue weighted by Gasteiger charge is -2.05. The van der Waals surface area contributed by atoms with Gasteiger partial charge in [-0.2, -0.15) is 0 Å². The largest absolute Gasteiger partial charge is 0.462 e. The number of hydrogen-bond acceptors (Lipinski definition) is 2. The highest BCUT2D eigenvalue weighted by Crippen LogP contribution is 2.13. The maximum absolute atomic E-state index is 11.8. The molecule has 0 N–H and O–H groups in total. The van der Waals surface area contributed by atoms with Crippen molar-refractivity contribution in [3.8, 4) is 0 Å². The molecule has 28 heavy (non-hydrogen) atoms. The van der Waals surface area contributed by atoms with Crippen molar-refractivity contribution < 1.29 is 9.53 Å². The molecule has 0 unspecified atom stereocenters. The van der Waals surface area contributed by atoms with Crippen LogP contribution in [0, 0.1) is 0 Å². The monoisotopic (exact) mass is 392 g/mol.